The van der Waals surface area contributed by atoms with Crippen LogP contribution in [-0.2, 0) is 32.5 Å². The molecule has 38 heavy (non-hydrogen) atoms. The molecule has 0 aromatic heterocycles. The maximum Gasteiger partial charge on any atom is 0.306 e. The summed E-state index contributed by atoms with van der Waals surface area (Å²) in [5, 5.41) is 0. The molecule has 6 nitrogen and oxygen atoms in total. The molecule has 0 N–H and O–H groups in total. The summed E-state index contributed by atoms with van der Waals surface area (Å²) < 4.78 is 39.9. The molecule has 0 amide bonds. The SMILES string of the molecule is CCOC(=O)CC(CCc1ccccc1C)c1ccc(C)c(CN2CC(C)Oc3ccccc3S2(=O)=O)c1. The number of hydrogen-bond acceptors (Lipinski definition) is 5. The van der Waals surface area contributed by atoms with Gasteiger partial charge in [-0.05, 0) is 86.4 Å². The third-order valence-corrected chi connectivity index (χ3v) is 9.04. The minimum absolute atomic E-state index is 0.0447. The zero-order chi connectivity index (χ0) is 27.3. The van der Waals surface area contributed by atoms with Gasteiger partial charge in [-0.3, -0.25) is 4.79 Å². The van der Waals surface area contributed by atoms with Crippen molar-refractivity contribution in [3.63, 3.8) is 0 Å². The molecule has 1 heterocycles. The Bertz CT molecular complexity index is 1380. The van der Waals surface area contributed by atoms with Gasteiger partial charge < -0.3 is 9.47 Å². The van der Waals surface area contributed by atoms with Crippen LogP contribution in [0.15, 0.2) is 71.6 Å². The standard InChI is InChI=1S/C31H37NO5S/c1-5-36-31(33)19-27(17-16-25-11-7-6-10-22(25)2)26-15-14-23(3)28(18-26)21-32-20-24(4)37-29-12-8-9-13-30(29)38(32,34)35/h6-15,18,24,27H,5,16-17,19-21H2,1-4H3. The number of sulfonamides is 1. The number of esters is 1. The van der Waals surface area contributed by atoms with E-state index in [2.05, 4.69) is 31.2 Å². The number of hydrogen-bond donors (Lipinski definition) is 0. The van der Waals surface area contributed by atoms with Crippen LogP contribution in [0.4, 0.5) is 0 Å². The Morgan fingerprint density at radius 3 is 2.50 bits per heavy atom. The lowest BCUT2D eigenvalue weighted by Crippen LogP contribution is -2.35. The van der Waals surface area contributed by atoms with Crippen LogP contribution >= 0.6 is 0 Å². The normalized spacial score (nSPS) is 17.6. The molecule has 0 bridgehead atoms. The minimum atomic E-state index is -3.74. The van der Waals surface area contributed by atoms with E-state index in [1.54, 1.807) is 24.3 Å². The van der Waals surface area contributed by atoms with Crippen molar-refractivity contribution in [1.29, 1.82) is 0 Å². The molecule has 0 aliphatic carbocycles. The van der Waals surface area contributed by atoms with Crippen LogP contribution in [-0.4, -0.2) is 37.9 Å². The molecule has 2 unspecified atom stereocenters. The van der Waals surface area contributed by atoms with Crippen LogP contribution < -0.4 is 4.74 Å². The van der Waals surface area contributed by atoms with Crippen molar-refractivity contribution in [3.8, 4) is 5.75 Å². The van der Waals surface area contributed by atoms with Crippen LogP contribution in [0.5, 0.6) is 5.75 Å². The maximum absolute atomic E-state index is 13.6. The van der Waals surface area contributed by atoms with Crippen molar-refractivity contribution in [3.05, 3.63) is 94.5 Å². The third kappa shape index (κ3) is 6.45. The van der Waals surface area contributed by atoms with Crippen molar-refractivity contribution in [2.75, 3.05) is 13.2 Å². The van der Waals surface area contributed by atoms with E-state index in [1.807, 2.05) is 39.0 Å². The van der Waals surface area contributed by atoms with Gasteiger partial charge in [0.25, 0.3) is 0 Å². The highest BCUT2D eigenvalue weighted by Crippen LogP contribution is 2.33. The Morgan fingerprint density at radius 1 is 1.03 bits per heavy atom. The number of para-hydroxylation sites is 1. The van der Waals surface area contributed by atoms with Crippen molar-refractivity contribution < 1.29 is 22.7 Å². The van der Waals surface area contributed by atoms with E-state index in [9.17, 15) is 13.2 Å². The number of ether oxygens (including phenoxy) is 2. The molecular weight excluding hydrogens is 498 g/mol. The molecule has 3 aromatic carbocycles. The van der Waals surface area contributed by atoms with Crippen LogP contribution in [0, 0.1) is 13.8 Å². The van der Waals surface area contributed by atoms with E-state index in [0.29, 0.717) is 12.4 Å². The first-order chi connectivity index (χ1) is 18.2. The molecule has 0 radical (unpaired) electrons. The summed E-state index contributed by atoms with van der Waals surface area (Å²) in [7, 11) is -3.74. The number of aryl methyl sites for hydroxylation is 3. The van der Waals surface area contributed by atoms with Crippen LogP contribution in [0.1, 0.15) is 60.4 Å². The number of nitrogens with zero attached hydrogens (tertiary/aromatic N) is 1. The molecule has 1 aliphatic rings. The molecule has 2 atom stereocenters. The highest BCUT2D eigenvalue weighted by Gasteiger charge is 2.33. The number of fused-ring (bicyclic) bond motifs is 1. The van der Waals surface area contributed by atoms with E-state index < -0.39 is 10.0 Å². The van der Waals surface area contributed by atoms with Gasteiger partial charge in [0.2, 0.25) is 10.0 Å². The summed E-state index contributed by atoms with van der Waals surface area (Å²) in [6, 6.07) is 21.2. The van der Waals surface area contributed by atoms with Crippen molar-refractivity contribution in [1.82, 2.24) is 4.31 Å². The molecule has 0 fully saturated rings. The predicted octanol–water partition coefficient (Wildman–Crippen LogP) is 5.94. The molecule has 1 aliphatic heterocycles. The quantitative estimate of drug-likeness (QED) is 0.317. The van der Waals surface area contributed by atoms with Gasteiger partial charge in [-0.2, -0.15) is 4.31 Å². The Balaban J connectivity index is 1.63. The first-order valence-electron chi connectivity index (χ1n) is 13.2. The first kappa shape index (κ1) is 27.9. The molecular formula is C31H37NO5S. The molecule has 202 valence electrons. The predicted molar refractivity (Wildman–Crippen MR) is 149 cm³/mol. The first-order valence-corrected chi connectivity index (χ1v) is 14.7. The number of rotatable bonds is 9. The Labute approximate surface area is 226 Å². The van der Waals surface area contributed by atoms with Gasteiger partial charge in [0.1, 0.15) is 16.7 Å². The lowest BCUT2D eigenvalue weighted by Gasteiger charge is -2.24. The van der Waals surface area contributed by atoms with E-state index in [4.69, 9.17) is 9.47 Å². The van der Waals surface area contributed by atoms with E-state index >= 15 is 0 Å². The smallest absolute Gasteiger partial charge is 0.306 e. The summed E-state index contributed by atoms with van der Waals surface area (Å²) in [6.07, 6.45) is 1.61. The van der Waals surface area contributed by atoms with Gasteiger partial charge in [-0.15, -0.1) is 0 Å². The molecule has 0 saturated heterocycles. The van der Waals surface area contributed by atoms with Crippen molar-refractivity contribution in [2.24, 2.45) is 0 Å². The minimum Gasteiger partial charge on any atom is -0.488 e. The topological polar surface area (TPSA) is 72.9 Å². The zero-order valence-electron chi connectivity index (χ0n) is 22.6. The van der Waals surface area contributed by atoms with Crippen LogP contribution in [0.3, 0.4) is 0 Å². The van der Waals surface area contributed by atoms with Gasteiger partial charge in [0.05, 0.1) is 19.6 Å². The molecule has 7 heteroatoms. The van der Waals surface area contributed by atoms with E-state index in [-0.39, 0.29) is 42.4 Å². The van der Waals surface area contributed by atoms with Gasteiger partial charge in [-0.25, -0.2) is 8.42 Å². The lowest BCUT2D eigenvalue weighted by molar-refractivity contribution is -0.143. The summed E-state index contributed by atoms with van der Waals surface area (Å²) in [5.41, 5.74) is 5.43. The van der Waals surface area contributed by atoms with Crippen LogP contribution in [0.2, 0.25) is 0 Å². The van der Waals surface area contributed by atoms with Gasteiger partial charge in [0, 0.05) is 6.54 Å². The lowest BCUT2D eigenvalue weighted by atomic mass is 9.87. The molecule has 0 spiro atoms. The van der Waals surface area contributed by atoms with Gasteiger partial charge in [0.15, 0.2) is 0 Å². The highest BCUT2D eigenvalue weighted by atomic mass is 32.2. The largest absolute Gasteiger partial charge is 0.488 e. The fourth-order valence-corrected chi connectivity index (χ4v) is 6.64. The highest BCUT2D eigenvalue weighted by molar-refractivity contribution is 7.89. The average Bonchev–Trinajstić information content (AvgIpc) is 2.97. The fourth-order valence-electron chi connectivity index (χ4n) is 5.02. The summed E-state index contributed by atoms with van der Waals surface area (Å²) in [4.78, 5) is 12.7. The monoisotopic (exact) mass is 535 g/mol. The van der Waals surface area contributed by atoms with Gasteiger partial charge >= 0.3 is 5.97 Å². The van der Waals surface area contributed by atoms with Crippen LogP contribution in [0.25, 0.3) is 0 Å². The number of carbonyl (C=O) groups is 1. The van der Waals surface area contributed by atoms with Crippen molar-refractivity contribution >= 4 is 16.0 Å². The van der Waals surface area contributed by atoms with E-state index in [1.165, 1.54) is 15.4 Å². The molecule has 0 saturated carbocycles. The van der Waals surface area contributed by atoms with E-state index in [0.717, 1.165) is 29.5 Å². The fraction of sp³-hybridized carbons (Fsp3) is 0.387. The number of benzene rings is 3. The summed E-state index contributed by atoms with van der Waals surface area (Å²) in [5.74, 6) is 0.123. The maximum atomic E-state index is 13.6. The Morgan fingerprint density at radius 2 is 1.74 bits per heavy atom. The molecule has 4 rings (SSSR count). The zero-order valence-corrected chi connectivity index (χ0v) is 23.5. The summed E-state index contributed by atoms with van der Waals surface area (Å²) in [6.45, 7) is 8.62. The second kappa shape index (κ2) is 12.1. The van der Waals surface area contributed by atoms with Crippen molar-refractivity contribution in [2.45, 2.75) is 70.4 Å². The summed E-state index contributed by atoms with van der Waals surface area (Å²) >= 11 is 0. The molecule has 3 aromatic rings. The Kier molecular flexibility index (Phi) is 8.90. The second-order valence-corrected chi connectivity index (χ2v) is 11.9. The second-order valence-electron chi connectivity index (χ2n) is 10.0. The Hall–Kier alpha value is -3.16. The average molecular weight is 536 g/mol. The third-order valence-electron chi connectivity index (χ3n) is 7.19. The number of carbonyl (C=O) groups excluding carboxylic acids is 1. The van der Waals surface area contributed by atoms with Gasteiger partial charge in [-0.1, -0.05) is 54.6 Å².